The van der Waals surface area contributed by atoms with Crippen molar-refractivity contribution in [1.29, 1.82) is 0 Å². The van der Waals surface area contributed by atoms with Gasteiger partial charge < -0.3 is 10.2 Å². The maximum atomic E-state index is 12.2. The molecule has 0 unspecified atom stereocenters. The quantitative estimate of drug-likeness (QED) is 0.726. The Hall–Kier alpha value is -2.29. The second-order valence-corrected chi connectivity index (χ2v) is 7.53. The van der Waals surface area contributed by atoms with E-state index in [4.69, 9.17) is 0 Å². The number of amides is 1. The Balaban J connectivity index is 1.95. The summed E-state index contributed by atoms with van der Waals surface area (Å²) in [5.41, 5.74) is 1.34. The predicted octanol–water partition coefficient (Wildman–Crippen LogP) is 0.852. The van der Waals surface area contributed by atoms with Gasteiger partial charge in [0.05, 0.1) is 4.90 Å². The molecule has 8 heteroatoms. The van der Waals surface area contributed by atoms with Crippen LogP contribution >= 0.6 is 0 Å². The highest BCUT2D eigenvalue weighted by Gasteiger charge is 2.14. The van der Waals surface area contributed by atoms with Crippen LogP contribution in [0.4, 0.5) is 0 Å². The number of pyridine rings is 1. The first-order valence-corrected chi connectivity index (χ1v) is 9.28. The molecular formula is C17H22N4O3S. The third-order valence-corrected chi connectivity index (χ3v) is 4.96. The summed E-state index contributed by atoms with van der Waals surface area (Å²) in [5, 5.41) is 2.78. The Morgan fingerprint density at radius 3 is 2.32 bits per heavy atom. The second-order valence-electron chi connectivity index (χ2n) is 5.76. The highest BCUT2D eigenvalue weighted by atomic mass is 32.2. The number of hydrogen-bond acceptors (Lipinski definition) is 5. The molecule has 1 amide bonds. The van der Waals surface area contributed by atoms with Gasteiger partial charge in [0, 0.05) is 37.6 Å². The lowest BCUT2D eigenvalue weighted by Gasteiger charge is -2.11. The van der Waals surface area contributed by atoms with Gasteiger partial charge in [-0.2, -0.15) is 0 Å². The summed E-state index contributed by atoms with van der Waals surface area (Å²) in [6, 6.07) is 9.49. The fourth-order valence-corrected chi connectivity index (χ4v) is 3.08. The Morgan fingerprint density at radius 2 is 1.72 bits per heavy atom. The number of likely N-dealkylation sites (N-methyl/N-ethyl adjacent to an activating group) is 1. The Kier molecular flexibility index (Phi) is 6.63. The lowest BCUT2D eigenvalue weighted by atomic mass is 10.2. The van der Waals surface area contributed by atoms with Gasteiger partial charge in [-0.05, 0) is 56.1 Å². The van der Waals surface area contributed by atoms with E-state index in [0.717, 1.165) is 5.56 Å². The number of sulfonamides is 1. The lowest BCUT2D eigenvalue weighted by molar-refractivity contribution is 0.0951. The summed E-state index contributed by atoms with van der Waals surface area (Å²) in [6.07, 6.45) is 3.31. The number of nitrogens with zero attached hydrogens (tertiary/aromatic N) is 2. The molecule has 0 saturated heterocycles. The fraction of sp³-hybridized carbons (Fsp3) is 0.294. The minimum Gasteiger partial charge on any atom is -0.348 e. The van der Waals surface area contributed by atoms with Crippen molar-refractivity contribution < 1.29 is 13.2 Å². The normalized spacial score (nSPS) is 11.5. The Labute approximate surface area is 148 Å². The van der Waals surface area contributed by atoms with Crippen molar-refractivity contribution in [2.45, 2.75) is 11.4 Å². The smallest absolute Gasteiger partial charge is 0.251 e. The van der Waals surface area contributed by atoms with E-state index in [9.17, 15) is 13.2 Å². The van der Waals surface area contributed by atoms with Gasteiger partial charge in [0.2, 0.25) is 10.0 Å². The van der Waals surface area contributed by atoms with E-state index in [2.05, 4.69) is 15.0 Å². The SMILES string of the molecule is CN(C)CCNS(=O)(=O)c1ccc(C(=O)NCc2ccncc2)cc1. The van der Waals surface area contributed by atoms with E-state index >= 15 is 0 Å². The molecular weight excluding hydrogens is 340 g/mol. The van der Waals surface area contributed by atoms with Crippen molar-refractivity contribution in [3.8, 4) is 0 Å². The highest BCUT2D eigenvalue weighted by Crippen LogP contribution is 2.10. The van der Waals surface area contributed by atoms with Gasteiger partial charge in [0.25, 0.3) is 5.91 Å². The Morgan fingerprint density at radius 1 is 1.08 bits per heavy atom. The fourth-order valence-electron chi connectivity index (χ4n) is 2.06. The molecule has 1 aromatic heterocycles. The molecule has 0 aliphatic rings. The van der Waals surface area contributed by atoms with Crippen LogP contribution in [0.15, 0.2) is 53.7 Å². The van der Waals surface area contributed by atoms with Crippen molar-refractivity contribution in [2.75, 3.05) is 27.2 Å². The second kappa shape index (κ2) is 8.70. The third kappa shape index (κ3) is 5.93. The van der Waals surface area contributed by atoms with E-state index in [1.54, 1.807) is 12.4 Å². The molecule has 0 atom stereocenters. The van der Waals surface area contributed by atoms with Crippen molar-refractivity contribution in [3.05, 3.63) is 59.9 Å². The number of carbonyl (C=O) groups excluding carboxylic acids is 1. The first-order valence-electron chi connectivity index (χ1n) is 7.80. The summed E-state index contributed by atoms with van der Waals surface area (Å²) in [7, 11) is 0.168. The van der Waals surface area contributed by atoms with Crippen LogP contribution < -0.4 is 10.0 Å². The number of carbonyl (C=O) groups is 1. The molecule has 0 aliphatic carbocycles. The van der Waals surface area contributed by atoms with E-state index in [-0.39, 0.29) is 10.8 Å². The van der Waals surface area contributed by atoms with Gasteiger partial charge in [-0.25, -0.2) is 13.1 Å². The molecule has 0 fully saturated rings. The number of aromatic nitrogens is 1. The van der Waals surface area contributed by atoms with Crippen LogP contribution in [0.25, 0.3) is 0 Å². The van der Waals surface area contributed by atoms with Crippen molar-refractivity contribution in [3.63, 3.8) is 0 Å². The Bertz CT molecular complexity index is 790. The minimum absolute atomic E-state index is 0.136. The van der Waals surface area contributed by atoms with Crippen LogP contribution in [-0.4, -0.2) is 51.4 Å². The number of rotatable bonds is 8. The summed E-state index contributed by atoms with van der Waals surface area (Å²) in [5.74, 6) is -0.263. The van der Waals surface area contributed by atoms with Crippen molar-refractivity contribution in [1.82, 2.24) is 19.9 Å². The number of hydrogen-bond donors (Lipinski definition) is 2. The molecule has 0 saturated carbocycles. The first-order chi connectivity index (χ1) is 11.9. The molecule has 0 spiro atoms. The molecule has 134 valence electrons. The molecule has 0 bridgehead atoms. The van der Waals surface area contributed by atoms with Crippen LogP contribution in [0.3, 0.4) is 0 Å². The third-order valence-electron chi connectivity index (χ3n) is 3.48. The average molecular weight is 362 g/mol. The van der Waals surface area contributed by atoms with Gasteiger partial charge in [0.1, 0.15) is 0 Å². The zero-order valence-electron chi connectivity index (χ0n) is 14.3. The molecule has 2 N–H and O–H groups in total. The zero-order valence-corrected chi connectivity index (χ0v) is 15.1. The van der Waals surface area contributed by atoms with E-state index in [1.807, 2.05) is 31.1 Å². The number of benzene rings is 1. The molecule has 0 radical (unpaired) electrons. The molecule has 2 rings (SSSR count). The largest absolute Gasteiger partial charge is 0.348 e. The minimum atomic E-state index is -3.57. The van der Waals surface area contributed by atoms with Gasteiger partial charge in [-0.3, -0.25) is 9.78 Å². The van der Waals surface area contributed by atoms with Crippen molar-refractivity contribution in [2.24, 2.45) is 0 Å². The average Bonchev–Trinajstić information content (AvgIpc) is 2.60. The van der Waals surface area contributed by atoms with Gasteiger partial charge in [0.15, 0.2) is 0 Å². The van der Waals surface area contributed by atoms with Crippen LogP contribution in [0.1, 0.15) is 15.9 Å². The summed E-state index contributed by atoms with van der Waals surface area (Å²) in [4.78, 5) is 18.1. The van der Waals surface area contributed by atoms with E-state index in [0.29, 0.717) is 25.2 Å². The van der Waals surface area contributed by atoms with Gasteiger partial charge in [-0.1, -0.05) is 0 Å². The number of nitrogens with one attached hydrogen (secondary N) is 2. The van der Waals surface area contributed by atoms with Crippen LogP contribution in [0.2, 0.25) is 0 Å². The predicted molar refractivity (Wildman–Crippen MR) is 95.6 cm³/mol. The molecule has 25 heavy (non-hydrogen) atoms. The highest BCUT2D eigenvalue weighted by molar-refractivity contribution is 7.89. The zero-order chi connectivity index (χ0) is 18.3. The van der Waals surface area contributed by atoms with Gasteiger partial charge in [-0.15, -0.1) is 0 Å². The maximum Gasteiger partial charge on any atom is 0.251 e. The summed E-state index contributed by atoms with van der Waals surface area (Å²) < 4.78 is 26.9. The van der Waals surface area contributed by atoms with Crippen molar-refractivity contribution >= 4 is 15.9 Å². The van der Waals surface area contributed by atoms with Crippen LogP contribution in [-0.2, 0) is 16.6 Å². The lowest BCUT2D eigenvalue weighted by Crippen LogP contribution is -2.31. The monoisotopic (exact) mass is 362 g/mol. The van der Waals surface area contributed by atoms with Crippen LogP contribution in [0.5, 0.6) is 0 Å². The molecule has 0 aliphatic heterocycles. The first kappa shape index (κ1) is 19.0. The standard InChI is InChI=1S/C17H22N4O3S/c1-21(2)12-11-20-25(23,24)16-5-3-15(4-6-16)17(22)19-13-14-7-9-18-10-8-14/h3-10,20H,11-13H2,1-2H3,(H,19,22). The van der Waals surface area contributed by atoms with E-state index in [1.165, 1.54) is 24.3 Å². The molecule has 1 aromatic carbocycles. The summed E-state index contributed by atoms with van der Waals surface area (Å²) >= 11 is 0. The topological polar surface area (TPSA) is 91.4 Å². The molecule has 2 aromatic rings. The molecule has 7 nitrogen and oxygen atoms in total. The van der Waals surface area contributed by atoms with E-state index < -0.39 is 10.0 Å². The van der Waals surface area contributed by atoms with Gasteiger partial charge >= 0.3 is 0 Å². The van der Waals surface area contributed by atoms with Crippen LogP contribution in [0, 0.1) is 0 Å². The molecule has 1 heterocycles. The maximum absolute atomic E-state index is 12.2. The summed E-state index contributed by atoms with van der Waals surface area (Å²) in [6.45, 7) is 1.31.